The van der Waals surface area contributed by atoms with E-state index in [1.165, 1.54) is 21.9 Å². The Kier molecular flexibility index (Phi) is 6.21. The maximum absolute atomic E-state index is 12.3. The molecule has 152 valence electrons. The lowest BCUT2D eigenvalue weighted by Gasteiger charge is -2.13. The van der Waals surface area contributed by atoms with Crippen molar-refractivity contribution in [3.63, 3.8) is 0 Å². The predicted molar refractivity (Wildman–Crippen MR) is 124 cm³/mol. The molecule has 0 aliphatic rings. The van der Waals surface area contributed by atoms with Crippen molar-refractivity contribution in [3.8, 4) is 0 Å². The van der Waals surface area contributed by atoms with E-state index >= 15 is 0 Å². The van der Waals surface area contributed by atoms with Crippen LogP contribution in [-0.2, 0) is 17.8 Å². The Morgan fingerprint density at radius 1 is 1.07 bits per heavy atom. The van der Waals surface area contributed by atoms with Gasteiger partial charge >= 0.3 is 0 Å². The van der Waals surface area contributed by atoms with Gasteiger partial charge in [-0.05, 0) is 36.8 Å². The van der Waals surface area contributed by atoms with Crippen LogP contribution in [-0.4, -0.2) is 10.9 Å². The molecule has 0 unspecified atom stereocenters. The van der Waals surface area contributed by atoms with Crippen molar-refractivity contribution in [1.82, 2.24) is 4.98 Å². The highest BCUT2D eigenvalue weighted by Crippen LogP contribution is 2.22. The third kappa shape index (κ3) is 4.93. The Morgan fingerprint density at radius 3 is 2.67 bits per heavy atom. The predicted octanol–water partition coefficient (Wildman–Crippen LogP) is 4.61. The molecular formula is C25H26N3OS+. The number of hydrogen-bond donors (Lipinski definition) is 2. The molecule has 0 saturated heterocycles. The number of fused-ring (bicyclic) bond motifs is 1. The Morgan fingerprint density at radius 2 is 1.83 bits per heavy atom. The number of aryl methyl sites for hydroxylation is 1. The first kappa shape index (κ1) is 20.3. The first-order chi connectivity index (χ1) is 14.6. The number of hydrogen-bond acceptors (Lipinski definition) is 3. The summed E-state index contributed by atoms with van der Waals surface area (Å²) in [5, 5.41) is 10.7. The molecule has 0 spiro atoms. The first-order valence-corrected chi connectivity index (χ1v) is 11.1. The quantitative estimate of drug-likeness (QED) is 0.462. The number of nitrogens with zero attached hydrogens (tertiary/aromatic N) is 1. The summed E-state index contributed by atoms with van der Waals surface area (Å²) >= 11 is 1.55. The summed E-state index contributed by atoms with van der Waals surface area (Å²) in [5.74, 6) is -0.0344. The maximum atomic E-state index is 12.3. The van der Waals surface area contributed by atoms with Crippen LogP contribution >= 0.6 is 11.3 Å². The zero-order valence-corrected chi connectivity index (χ0v) is 18.1. The molecular weight excluding hydrogens is 390 g/mol. The summed E-state index contributed by atoms with van der Waals surface area (Å²) in [6.07, 6.45) is 0.303. The SMILES string of the molecule is Cc1ccc(NC(=O)Cc2nc(C[NH2+][C@H](C)c3cccc4ccccc34)cs2)cc1. The van der Waals surface area contributed by atoms with Crippen LogP contribution in [0.15, 0.2) is 72.1 Å². The van der Waals surface area contributed by atoms with Crippen LogP contribution in [0.1, 0.15) is 34.8 Å². The summed E-state index contributed by atoms with van der Waals surface area (Å²) in [4.78, 5) is 17.0. The molecule has 3 N–H and O–H groups in total. The van der Waals surface area contributed by atoms with E-state index in [0.717, 1.165) is 22.9 Å². The topological polar surface area (TPSA) is 58.6 Å². The number of rotatable bonds is 7. The summed E-state index contributed by atoms with van der Waals surface area (Å²) in [6.45, 7) is 5.05. The van der Waals surface area contributed by atoms with Gasteiger partial charge in [-0.2, -0.15) is 0 Å². The number of thiazole rings is 1. The largest absolute Gasteiger partial charge is 0.335 e. The Labute approximate surface area is 181 Å². The van der Waals surface area contributed by atoms with Gasteiger partial charge in [-0.25, -0.2) is 4.98 Å². The van der Waals surface area contributed by atoms with Gasteiger partial charge in [0.1, 0.15) is 23.3 Å². The zero-order chi connectivity index (χ0) is 20.9. The van der Waals surface area contributed by atoms with Crippen molar-refractivity contribution in [2.45, 2.75) is 32.9 Å². The molecule has 1 heterocycles. The maximum Gasteiger partial charge on any atom is 0.231 e. The number of quaternary nitrogens is 1. The second-order valence-electron chi connectivity index (χ2n) is 7.62. The molecule has 5 heteroatoms. The van der Waals surface area contributed by atoms with Gasteiger partial charge in [0, 0.05) is 16.6 Å². The van der Waals surface area contributed by atoms with Gasteiger partial charge in [-0.3, -0.25) is 4.79 Å². The van der Waals surface area contributed by atoms with Crippen LogP contribution in [0.25, 0.3) is 10.8 Å². The fourth-order valence-electron chi connectivity index (χ4n) is 3.58. The molecule has 0 aliphatic heterocycles. The molecule has 4 aromatic rings. The molecule has 4 nitrogen and oxygen atoms in total. The molecule has 0 aliphatic carbocycles. The molecule has 1 amide bonds. The van der Waals surface area contributed by atoms with Crippen LogP contribution in [0.5, 0.6) is 0 Å². The number of carbonyl (C=O) groups excluding carboxylic acids is 1. The van der Waals surface area contributed by atoms with E-state index in [1.807, 2.05) is 31.2 Å². The fraction of sp³-hybridized carbons (Fsp3) is 0.200. The molecule has 30 heavy (non-hydrogen) atoms. The summed E-state index contributed by atoms with van der Waals surface area (Å²) in [5.41, 5.74) is 4.34. The normalized spacial score (nSPS) is 12.1. The van der Waals surface area contributed by atoms with Crippen molar-refractivity contribution in [2.24, 2.45) is 0 Å². The van der Waals surface area contributed by atoms with Crippen LogP contribution in [0, 0.1) is 6.92 Å². The van der Waals surface area contributed by atoms with Crippen LogP contribution in [0.3, 0.4) is 0 Å². The van der Waals surface area contributed by atoms with Gasteiger partial charge in [0.25, 0.3) is 0 Å². The van der Waals surface area contributed by atoms with Crippen LogP contribution < -0.4 is 10.6 Å². The molecule has 3 aromatic carbocycles. The van der Waals surface area contributed by atoms with E-state index in [0.29, 0.717) is 12.5 Å². The van der Waals surface area contributed by atoms with E-state index in [1.54, 1.807) is 11.3 Å². The Balaban J connectivity index is 1.34. The summed E-state index contributed by atoms with van der Waals surface area (Å²) in [6, 6.07) is 23.1. The Hall–Kier alpha value is -3.02. The summed E-state index contributed by atoms with van der Waals surface area (Å²) < 4.78 is 0. The third-order valence-corrected chi connectivity index (χ3v) is 6.14. The molecule has 1 atom stereocenters. The molecule has 0 saturated carbocycles. The van der Waals surface area contributed by atoms with Crippen molar-refractivity contribution in [2.75, 3.05) is 5.32 Å². The van der Waals surface area contributed by atoms with Gasteiger partial charge in [-0.15, -0.1) is 11.3 Å². The lowest BCUT2D eigenvalue weighted by Crippen LogP contribution is -2.83. The number of nitrogens with one attached hydrogen (secondary N) is 1. The zero-order valence-electron chi connectivity index (χ0n) is 17.3. The van der Waals surface area contributed by atoms with E-state index < -0.39 is 0 Å². The highest BCUT2D eigenvalue weighted by Gasteiger charge is 2.14. The van der Waals surface area contributed by atoms with Gasteiger partial charge in [0.15, 0.2) is 0 Å². The average molecular weight is 417 g/mol. The monoisotopic (exact) mass is 416 g/mol. The highest BCUT2D eigenvalue weighted by atomic mass is 32.1. The minimum Gasteiger partial charge on any atom is -0.335 e. The van der Waals surface area contributed by atoms with Crippen LogP contribution in [0.4, 0.5) is 5.69 Å². The standard InChI is InChI=1S/C25H25N3OS/c1-17-10-12-20(13-11-17)27-24(29)14-25-28-21(16-30-25)15-26-18(2)22-9-5-7-19-6-3-4-8-23(19)22/h3-13,16,18,26H,14-15H2,1-2H3,(H,27,29)/p+1/t18-/m1/s1. The number of carbonyl (C=O) groups is 1. The second-order valence-corrected chi connectivity index (χ2v) is 8.56. The smallest absolute Gasteiger partial charge is 0.231 e. The minimum absolute atomic E-state index is 0.0344. The number of anilines is 1. The van der Waals surface area contributed by atoms with E-state index in [9.17, 15) is 4.79 Å². The molecule has 0 radical (unpaired) electrons. The third-order valence-electron chi connectivity index (χ3n) is 5.24. The first-order valence-electron chi connectivity index (χ1n) is 10.2. The van der Waals surface area contributed by atoms with Gasteiger partial charge in [-0.1, -0.05) is 60.2 Å². The lowest BCUT2D eigenvalue weighted by atomic mass is 10.00. The number of aromatic nitrogens is 1. The molecule has 0 bridgehead atoms. The molecule has 0 fully saturated rings. The fourth-order valence-corrected chi connectivity index (χ4v) is 4.38. The van der Waals surface area contributed by atoms with Gasteiger partial charge in [0.2, 0.25) is 5.91 Å². The van der Waals surface area contributed by atoms with Crippen molar-refractivity contribution < 1.29 is 10.1 Å². The van der Waals surface area contributed by atoms with E-state index in [4.69, 9.17) is 0 Å². The molecule has 1 aromatic heterocycles. The van der Waals surface area contributed by atoms with Crippen LogP contribution in [0.2, 0.25) is 0 Å². The lowest BCUT2D eigenvalue weighted by molar-refractivity contribution is -0.708. The Bertz CT molecular complexity index is 1150. The number of amides is 1. The van der Waals surface area contributed by atoms with E-state index in [-0.39, 0.29) is 5.91 Å². The van der Waals surface area contributed by atoms with Gasteiger partial charge in [0.05, 0.1) is 6.42 Å². The minimum atomic E-state index is -0.0344. The van der Waals surface area contributed by atoms with E-state index in [2.05, 4.69) is 70.4 Å². The molecule has 4 rings (SSSR count). The van der Waals surface area contributed by atoms with Crippen molar-refractivity contribution in [3.05, 3.63) is 93.9 Å². The van der Waals surface area contributed by atoms with Gasteiger partial charge < -0.3 is 10.6 Å². The average Bonchev–Trinajstić information content (AvgIpc) is 3.20. The number of benzene rings is 3. The van der Waals surface area contributed by atoms with Crippen molar-refractivity contribution >= 4 is 33.7 Å². The number of nitrogens with two attached hydrogens (primary N) is 1. The second kappa shape index (κ2) is 9.20. The highest BCUT2D eigenvalue weighted by molar-refractivity contribution is 7.09. The summed E-state index contributed by atoms with van der Waals surface area (Å²) in [7, 11) is 0. The van der Waals surface area contributed by atoms with Crippen molar-refractivity contribution in [1.29, 1.82) is 0 Å².